The van der Waals surface area contributed by atoms with E-state index >= 15 is 0 Å². The van der Waals surface area contributed by atoms with Crippen molar-refractivity contribution in [3.05, 3.63) is 17.8 Å². The fourth-order valence-electron chi connectivity index (χ4n) is 2.64. The highest BCUT2D eigenvalue weighted by Crippen LogP contribution is 2.25. The van der Waals surface area contributed by atoms with E-state index in [9.17, 15) is 0 Å². The Hall–Kier alpha value is -0.870. The van der Waals surface area contributed by atoms with Crippen LogP contribution < -0.4 is 5.32 Å². The molecule has 0 aromatic carbocycles. The van der Waals surface area contributed by atoms with Gasteiger partial charge in [0, 0.05) is 19.1 Å². The van der Waals surface area contributed by atoms with Gasteiger partial charge in [0.15, 0.2) is 0 Å². The number of hydrogen-bond donors (Lipinski definition) is 1. The van der Waals surface area contributed by atoms with Crippen molar-refractivity contribution in [1.29, 1.82) is 0 Å². The summed E-state index contributed by atoms with van der Waals surface area (Å²) in [6.07, 6.45) is 4.47. The second-order valence-corrected chi connectivity index (χ2v) is 4.56. The number of nitrogens with one attached hydrogen (secondary N) is 1. The third-order valence-electron chi connectivity index (χ3n) is 3.45. The lowest BCUT2D eigenvalue weighted by atomic mass is 10.1. The topological polar surface area (TPSA) is 41.3 Å². The molecule has 82 valence electrons. The van der Waals surface area contributed by atoms with E-state index in [1.807, 2.05) is 6.92 Å². The Morgan fingerprint density at radius 1 is 1.60 bits per heavy atom. The molecule has 1 aromatic rings. The molecular weight excluding hydrogens is 190 g/mol. The van der Waals surface area contributed by atoms with Crippen molar-refractivity contribution in [3.63, 3.8) is 0 Å². The molecule has 2 fully saturated rings. The highest BCUT2D eigenvalue weighted by molar-refractivity contribution is 5.01. The highest BCUT2D eigenvalue weighted by Gasteiger charge is 2.33. The fourth-order valence-corrected chi connectivity index (χ4v) is 2.64. The molecule has 2 saturated heterocycles. The van der Waals surface area contributed by atoms with E-state index in [1.54, 1.807) is 6.20 Å². The van der Waals surface area contributed by atoms with E-state index in [1.165, 1.54) is 19.4 Å². The summed E-state index contributed by atoms with van der Waals surface area (Å²) in [5.41, 5.74) is 0. The molecule has 4 heteroatoms. The van der Waals surface area contributed by atoms with Gasteiger partial charge in [-0.2, -0.15) is 0 Å². The molecule has 2 atom stereocenters. The first kappa shape index (κ1) is 9.36. The van der Waals surface area contributed by atoms with Crippen LogP contribution in [0.25, 0.3) is 0 Å². The van der Waals surface area contributed by atoms with Crippen LogP contribution in [0.3, 0.4) is 0 Å². The van der Waals surface area contributed by atoms with Gasteiger partial charge in [0.05, 0.1) is 12.2 Å². The summed E-state index contributed by atoms with van der Waals surface area (Å²) >= 11 is 0. The van der Waals surface area contributed by atoms with Crippen LogP contribution in [-0.2, 0) is 0 Å². The average Bonchev–Trinajstić information content (AvgIpc) is 2.84. The van der Waals surface area contributed by atoms with Crippen LogP contribution in [0.1, 0.15) is 30.5 Å². The summed E-state index contributed by atoms with van der Waals surface area (Å²) < 4.78 is 5.57. The number of rotatable bonds is 1. The number of hydrogen-bond acceptors (Lipinski definition) is 4. The minimum absolute atomic E-state index is 0.285. The van der Waals surface area contributed by atoms with E-state index in [0.29, 0.717) is 0 Å². The van der Waals surface area contributed by atoms with Gasteiger partial charge in [0.1, 0.15) is 5.76 Å². The van der Waals surface area contributed by atoms with Crippen LogP contribution in [-0.4, -0.2) is 35.6 Å². The molecule has 2 unspecified atom stereocenters. The predicted octanol–water partition coefficient (Wildman–Crippen LogP) is 1.09. The van der Waals surface area contributed by atoms with Gasteiger partial charge in [0.25, 0.3) is 0 Å². The minimum atomic E-state index is 0.285. The molecule has 0 amide bonds. The van der Waals surface area contributed by atoms with Crippen LogP contribution in [0, 0.1) is 6.92 Å². The zero-order valence-electron chi connectivity index (χ0n) is 9.07. The maximum Gasteiger partial charge on any atom is 0.212 e. The minimum Gasteiger partial charge on any atom is -0.444 e. The molecule has 15 heavy (non-hydrogen) atoms. The van der Waals surface area contributed by atoms with Crippen molar-refractivity contribution < 1.29 is 4.42 Å². The van der Waals surface area contributed by atoms with Crippen LogP contribution in [0.5, 0.6) is 0 Å². The molecule has 2 aliphatic rings. The van der Waals surface area contributed by atoms with Crippen LogP contribution >= 0.6 is 0 Å². The van der Waals surface area contributed by atoms with Crippen LogP contribution in [0.2, 0.25) is 0 Å². The molecule has 0 bridgehead atoms. The first-order valence-electron chi connectivity index (χ1n) is 5.73. The first-order valence-corrected chi connectivity index (χ1v) is 5.73. The second-order valence-electron chi connectivity index (χ2n) is 4.56. The third-order valence-corrected chi connectivity index (χ3v) is 3.45. The smallest absolute Gasteiger partial charge is 0.212 e. The van der Waals surface area contributed by atoms with Gasteiger partial charge < -0.3 is 9.73 Å². The van der Waals surface area contributed by atoms with Crippen molar-refractivity contribution in [2.75, 3.05) is 19.6 Å². The SMILES string of the molecule is Cc1cnc(C2CN3CCCC3CN2)o1. The highest BCUT2D eigenvalue weighted by atomic mass is 16.4. The molecular formula is C11H17N3O. The van der Waals surface area contributed by atoms with Gasteiger partial charge >= 0.3 is 0 Å². The van der Waals surface area contributed by atoms with Gasteiger partial charge in [-0.05, 0) is 26.3 Å². The fraction of sp³-hybridized carbons (Fsp3) is 0.727. The predicted molar refractivity (Wildman–Crippen MR) is 56.6 cm³/mol. The first-order chi connectivity index (χ1) is 7.33. The van der Waals surface area contributed by atoms with Crippen molar-refractivity contribution >= 4 is 0 Å². The largest absolute Gasteiger partial charge is 0.444 e. The lowest BCUT2D eigenvalue weighted by Crippen LogP contribution is -2.49. The van der Waals surface area contributed by atoms with Crippen LogP contribution in [0.4, 0.5) is 0 Å². The molecule has 3 rings (SSSR count). The summed E-state index contributed by atoms with van der Waals surface area (Å²) in [5.74, 6) is 1.74. The lowest BCUT2D eigenvalue weighted by molar-refractivity contribution is 0.159. The Morgan fingerprint density at radius 3 is 3.33 bits per heavy atom. The van der Waals surface area contributed by atoms with E-state index in [0.717, 1.165) is 30.8 Å². The molecule has 1 N–H and O–H groups in total. The van der Waals surface area contributed by atoms with Gasteiger partial charge in [-0.3, -0.25) is 4.90 Å². The lowest BCUT2D eigenvalue weighted by Gasteiger charge is -2.34. The maximum absolute atomic E-state index is 5.57. The molecule has 0 radical (unpaired) electrons. The number of aryl methyl sites for hydroxylation is 1. The quantitative estimate of drug-likeness (QED) is 0.748. The number of fused-ring (bicyclic) bond motifs is 1. The van der Waals surface area contributed by atoms with Gasteiger partial charge in [0.2, 0.25) is 5.89 Å². The Kier molecular flexibility index (Phi) is 2.25. The molecule has 1 aromatic heterocycles. The van der Waals surface area contributed by atoms with Gasteiger partial charge in [-0.15, -0.1) is 0 Å². The van der Waals surface area contributed by atoms with Crippen molar-refractivity contribution in [2.24, 2.45) is 0 Å². The Bertz CT molecular complexity index is 349. The zero-order valence-corrected chi connectivity index (χ0v) is 9.07. The molecule has 0 aliphatic carbocycles. The number of piperazine rings is 1. The van der Waals surface area contributed by atoms with E-state index < -0.39 is 0 Å². The van der Waals surface area contributed by atoms with Crippen molar-refractivity contribution in [2.45, 2.75) is 31.8 Å². The van der Waals surface area contributed by atoms with Gasteiger partial charge in [-0.25, -0.2) is 4.98 Å². The molecule has 4 nitrogen and oxygen atoms in total. The summed E-state index contributed by atoms with van der Waals surface area (Å²) in [5, 5.41) is 3.52. The Labute approximate surface area is 89.7 Å². The summed E-state index contributed by atoms with van der Waals surface area (Å²) in [4.78, 5) is 6.85. The average molecular weight is 207 g/mol. The van der Waals surface area contributed by atoms with E-state index in [2.05, 4.69) is 15.2 Å². The normalized spacial score (nSPS) is 31.8. The number of nitrogens with zero attached hydrogens (tertiary/aromatic N) is 2. The van der Waals surface area contributed by atoms with E-state index in [4.69, 9.17) is 4.42 Å². The molecule has 0 spiro atoms. The number of aromatic nitrogens is 1. The third kappa shape index (κ3) is 1.68. The molecule has 3 heterocycles. The Balaban J connectivity index is 1.73. The monoisotopic (exact) mass is 207 g/mol. The van der Waals surface area contributed by atoms with E-state index in [-0.39, 0.29) is 6.04 Å². The summed E-state index contributed by atoms with van der Waals surface area (Å²) in [6.45, 7) is 5.30. The summed E-state index contributed by atoms with van der Waals surface area (Å²) in [7, 11) is 0. The zero-order chi connectivity index (χ0) is 10.3. The Morgan fingerprint density at radius 2 is 2.53 bits per heavy atom. The molecule has 0 saturated carbocycles. The van der Waals surface area contributed by atoms with Gasteiger partial charge in [-0.1, -0.05) is 0 Å². The number of oxazole rings is 1. The van der Waals surface area contributed by atoms with Crippen molar-refractivity contribution in [3.8, 4) is 0 Å². The van der Waals surface area contributed by atoms with Crippen LogP contribution in [0.15, 0.2) is 10.6 Å². The second kappa shape index (κ2) is 3.61. The maximum atomic E-state index is 5.57. The standard InChI is InChI=1S/C11H17N3O/c1-8-5-13-11(15-8)10-7-14-4-2-3-9(14)6-12-10/h5,9-10,12H,2-4,6-7H2,1H3. The summed E-state index contributed by atoms with van der Waals surface area (Å²) in [6, 6.07) is 1.03. The van der Waals surface area contributed by atoms with Crippen molar-refractivity contribution in [1.82, 2.24) is 15.2 Å². The molecule has 2 aliphatic heterocycles.